The summed E-state index contributed by atoms with van der Waals surface area (Å²) >= 11 is 6.03. The SMILES string of the molecule is C[C@H]1CNC[C@H](CCc2c(F)cccc2CC(=O)[C@@H](N)[C@@H](c2ccc(Cl)cc2)c2cc(F)cc(F)c2)N1S(C)(=O)=O. The summed E-state index contributed by atoms with van der Waals surface area (Å²) in [6, 6.07) is 12.1. The molecular formula is C30H33ClF3N3O3S. The summed E-state index contributed by atoms with van der Waals surface area (Å²) in [5.41, 5.74) is 7.93. The summed E-state index contributed by atoms with van der Waals surface area (Å²) in [4.78, 5) is 13.6. The second-order valence-corrected chi connectivity index (χ2v) is 12.9. The van der Waals surface area contributed by atoms with Gasteiger partial charge in [0, 0.05) is 48.6 Å². The fourth-order valence-electron chi connectivity index (χ4n) is 5.71. The van der Waals surface area contributed by atoms with Crippen LogP contribution in [0.2, 0.25) is 5.02 Å². The molecule has 0 aromatic heterocycles. The first kappa shape index (κ1) is 31.2. The van der Waals surface area contributed by atoms with E-state index in [0.29, 0.717) is 41.2 Å². The van der Waals surface area contributed by atoms with Crippen molar-refractivity contribution in [3.05, 3.63) is 105 Å². The molecular weight excluding hydrogens is 575 g/mol. The zero-order valence-corrected chi connectivity index (χ0v) is 24.4. The Hall–Kier alpha value is -2.76. The van der Waals surface area contributed by atoms with Crippen LogP contribution >= 0.6 is 11.6 Å². The van der Waals surface area contributed by atoms with Crippen molar-refractivity contribution in [2.24, 2.45) is 5.73 Å². The highest BCUT2D eigenvalue weighted by atomic mass is 35.5. The van der Waals surface area contributed by atoms with Crippen molar-refractivity contribution in [1.29, 1.82) is 0 Å². The molecule has 0 bridgehead atoms. The van der Waals surface area contributed by atoms with Crippen molar-refractivity contribution in [2.45, 2.75) is 50.2 Å². The van der Waals surface area contributed by atoms with Gasteiger partial charge >= 0.3 is 0 Å². The Morgan fingerprint density at radius 3 is 2.34 bits per heavy atom. The number of halogens is 4. The third-order valence-electron chi connectivity index (χ3n) is 7.51. The van der Waals surface area contributed by atoms with Gasteiger partial charge < -0.3 is 11.1 Å². The lowest BCUT2D eigenvalue weighted by Crippen LogP contribution is -2.58. The smallest absolute Gasteiger partial charge is 0.211 e. The molecule has 1 saturated heterocycles. The normalized spacial score (nSPS) is 19.6. The molecule has 11 heteroatoms. The molecule has 3 aromatic carbocycles. The molecule has 1 fully saturated rings. The molecule has 220 valence electrons. The Morgan fingerprint density at radius 1 is 1.05 bits per heavy atom. The number of nitrogens with zero attached hydrogens (tertiary/aromatic N) is 1. The number of hydrogen-bond donors (Lipinski definition) is 2. The van der Waals surface area contributed by atoms with Crippen LogP contribution in [0.4, 0.5) is 13.2 Å². The van der Waals surface area contributed by atoms with E-state index in [-0.39, 0.29) is 30.5 Å². The number of nitrogens with two attached hydrogens (primary N) is 1. The lowest BCUT2D eigenvalue weighted by Gasteiger charge is -2.39. The zero-order valence-electron chi connectivity index (χ0n) is 22.8. The van der Waals surface area contributed by atoms with Crippen LogP contribution in [-0.4, -0.2) is 56.0 Å². The number of rotatable bonds is 10. The maximum absolute atomic E-state index is 15.1. The van der Waals surface area contributed by atoms with Crippen molar-refractivity contribution < 1.29 is 26.4 Å². The number of sulfonamides is 1. The minimum Gasteiger partial charge on any atom is -0.321 e. The second-order valence-electron chi connectivity index (χ2n) is 10.6. The molecule has 3 N–H and O–H groups in total. The highest BCUT2D eigenvalue weighted by Gasteiger charge is 2.35. The molecule has 0 spiro atoms. The molecule has 4 atom stereocenters. The fraction of sp³-hybridized carbons (Fsp3) is 0.367. The summed E-state index contributed by atoms with van der Waals surface area (Å²) < 4.78 is 69.8. The molecule has 0 radical (unpaired) electrons. The lowest BCUT2D eigenvalue weighted by molar-refractivity contribution is -0.119. The summed E-state index contributed by atoms with van der Waals surface area (Å²) in [6.45, 7) is 2.76. The van der Waals surface area contributed by atoms with Crippen LogP contribution in [0.25, 0.3) is 0 Å². The molecule has 1 aliphatic heterocycles. The quantitative estimate of drug-likeness (QED) is 0.352. The van der Waals surface area contributed by atoms with E-state index in [4.69, 9.17) is 17.3 Å². The van der Waals surface area contributed by atoms with Gasteiger partial charge in [0.05, 0.1) is 12.3 Å². The Labute approximate surface area is 243 Å². The third kappa shape index (κ3) is 7.55. The molecule has 6 nitrogen and oxygen atoms in total. The second kappa shape index (κ2) is 13.0. The van der Waals surface area contributed by atoms with Gasteiger partial charge in [0.2, 0.25) is 10.0 Å². The predicted octanol–water partition coefficient (Wildman–Crippen LogP) is 4.58. The number of hydrogen-bond acceptors (Lipinski definition) is 5. The van der Waals surface area contributed by atoms with E-state index in [1.165, 1.54) is 16.4 Å². The van der Waals surface area contributed by atoms with E-state index in [1.54, 1.807) is 30.3 Å². The van der Waals surface area contributed by atoms with Gasteiger partial charge in [-0.15, -0.1) is 0 Å². The van der Waals surface area contributed by atoms with E-state index in [2.05, 4.69) is 5.32 Å². The minimum atomic E-state index is -3.48. The van der Waals surface area contributed by atoms with Gasteiger partial charge in [0.15, 0.2) is 5.78 Å². The largest absolute Gasteiger partial charge is 0.321 e. The Balaban J connectivity index is 1.60. The number of carbonyl (C=O) groups excluding carboxylic acids is 1. The Morgan fingerprint density at radius 2 is 1.71 bits per heavy atom. The summed E-state index contributed by atoms with van der Waals surface area (Å²) in [6.07, 6.45) is 1.49. The van der Waals surface area contributed by atoms with E-state index < -0.39 is 45.2 Å². The summed E-state index contributed by atoms with van der Waals surface area (Å²) in [5.74, 6) is -3.46. The van der Waals surface area contributed by atoms with Crippen LogP contribution in [0, 0.1) is 17.5 Å². The van der Waals surface area contributed by atoms with Crippen LogP contribution in [-0.2, 0) is 27.7 Å². The molecule has 41 heavy (non-hydrogen) atoms. The molecule has 1 heterocycles. The van der Waals surface area contributed by atoms with E-state index in [0.717, 1.165) is 24.5 Å². The summed E-state index contributed by atoms with van der Waals surface area (Å²) in [5, 5.41) is 3.67. The Bertz CT molecular complexity index is 1480. The van der Waals surface area contributed by atoms with E-state index in [1.807, 2.05) is 6.92 Å². The number of piperazine rings is 1. The standard InChI is InChI=1S/C30H33ClF3N3O3S/c1-18-16-36-17-25(37(18)41(2,39)40)10-11-26-20(4-3-5-27(26)34)14-28(38)30(35)29(19-6-8-22(31)9-7-19)21-12-23(32)15-24(33)13-21/h3-9,12-13,15,18,25,29-30,36H,10-11,14,16-17,35H2,1-2H3/t18-,25-,29-,30+/m0/s1. The first-order chi connectivity index (χ1) is 19.3. The van der Waals surface area contributed by atoms with E-state index in [9.17, 15) is 22.0 Å². The molecule has 0 amide bonds. The highest BCUT2D eigenvalue weighted by molar-refractivity contribution is 7.88. The fourth-order valence-corrected chi connectivity index (χ4v) is 7.28. The van der Waals surface area contributed by atoms with Crippen LogP contribution in [0.15, 0.2) is 60.7 Å². The van der Waals surface area contributed by atoms with Gasteiger partial charge in [0.1, 0.15) is 17.5 Å². The average molecular weight is 608 g/mol. The Kier molecular flexibility index (Phi) is 9.92. The monoisotopic (exact) mass is 607 g/mol. The molecule has 0 saturated carbocycles. The number of ketones is 1. The van der Waals surface area contributed by atoms with Crippen molar-refractivity contribution >= 4 is 27.4 Å². The van der Waals surface area contributed by atoms with Crippen molar-refractivity contribution in [3.63, 3.8) is 0 Å². The van der Waals surface area contributed by atoms with Gasteiger partial charge in [-0.05, 0) is 72.4 Å². The van der Waals surface area contributed by atoms with Gasteiger partial charge in [-0.25, -0.2) is 21.6 Å². The maximum Gasteiger partial charge on any atom is 0.211 e. The average Bonchev–Trinajstić information content (AvgIpc) is 2.88. The summed E-state index contributed by atoms with van der Waals surface area (Å²) in [7, 11) is -3.48. The van der Waals surface area contributed by atoms with E-state index >= 15 is 4.39 Å². The number of carbonyl (C=O) groups is 1. The number of nitrogens with one attached hydrogen (secondary N) is 1. The van der Waals surface area contributed by atoms with Gasteiger partial charge in [-0.1, -0.05) is 35.9 Å². The van der Waals surface area contributed by atoms with Gasteiger partial charge in [-0.2, -0.15) is 4.31 Å². The highest BCUT2D eigenvalue weighted by Crippen LogP contribution is 2.31. The number of Topliss-reactive ketones (excluding diaryl/α,β-unsaturated/α-hetero) is 1. The number of benzene rings is 3. The first-order valence-electron chi connectivity index (χ1n) is 13.3. The van der Waals surface area contributed by atoms with Crippen molar-refractivity contribution in [3.8, 4) is 0 Å². The van der Waals surface area contributed by atoms with Crippen molar-refractivity contribution in [2.75, 3.05) is 19.3 Å². The molecule has 3 aromatic rings. The maximum atomic E-state index is 15.1. The lowest BCUT2D eigenvalue weighted by atomic mass is 9.82. The molecule has 0 aliphatic carbocycles. The van der Waals surface area contributed by atoms with Crippen LogP contribution in [0.1, 0.15) is 41.5 Å². The first-order valence-corrected chi connectivity index (χ1v) is 15.5. The molecule has 4 rings (SSSR count). The molecule has 0 unspecified atom stereocenters. The minimum absolute atomic E-state index is 0.185. The van der Waals surface area contributed by atoms with Gasteiger partial charge in [0.25, 0.3) is 0 Å². The van der Waals surface area contributed by atoms with Crippen molar-refractivity contribution in [1.82, 2.24) is 9.62 Å². The van der Waals surface area contributed by atoms with Crippen LogP contribution in [0.5, 0.6) is 0 Å². The van der Waals surface area contributed by atoms with Gasteiger partial charge in [-0.3, -0.25) is 4.79 Å². The molecule has 1 aliphatic rings. The van der Waals surface area contributed by atoms with Crippen LogP contribution < -0.4 is 11.1 Å². The predicted molar refractivity (Wildman–Crippen MR) is 154 cm³/mol. The van der Waals surface area contributed by atoms with Crippen LogP contribution in [0.3, 0.4) is 0 Å². The topological polar surface area (TPSA) is 92.5 Å². The zero-order chi connectivity index (χ0) is 29.9. The third-order valence-corrected chi connectivity index (χ3v) is 9.19.